The first-order valence-corrected chi connectivity index (χ1v) is 12.3. The van der Waals surface area contributed by atoms with Gasteiger partial charge in [0.15, 0.2) is 10.8 Å². The monoisotopic (exact) mass is 467 g/mol. The van der Waals surface area contributed by atoms with Crippen LogP contribution in [0.4, 0.5) is 11.5 Å². The lowest BCUT2D eigenvalue weighted by Gasteiger charge is -2.28. The number of nitrogens with zero attached hydrogens (tertiary/aromatic N) is 5. The van der Waals surface area contributed by atoms with Gasteiger partial charge in [0.25, 0.3) is 5.91 Å². The van der Waals surface area contributed by atoms with Crippen LogP contribution in [0.3, 0.4) is 0 Å². The SMILES string of the molecule is CCSc1nc(N2CCCCC2)c2cnn(CCNC(=O)c3ccc(NC(C)=O)cc3)c2n1. The van der Waals surface area contributed by atoms with E-state index in [1.165, 1.54) is 26.2 Å². The van der Waals surface area contributed by atoms with Gasteiger partial charge in [-0.05, 0) is 49.3 Å². The molecule has 0 atom stereocenters. The Morgan fingerprint density at radius 1 is 1.09 bits per heavy atom. The molecule has 1 aliphatic heterocycles. The highest BCUT2D eigenvalue weighted by Crippen LogP contribution is 2.29. The van der Waals surface area contributed by atoms with Crippen LogP contribution in [0, 0.1) is 0 Å². The second kappa shape index (κ2) is 10.7. The molecule has 0 spiro atoms. The van der Waals surface area contributed by atoms with Gasteiger partial charge in [-0.25, -0.2) is 14.6 Å². The van der Waals surface area contributed by atoms with E-state index in [-0.39, 0.29) is 11.8 Å². The predicted octanol–water partition coefficient (Wildman–Crippen LogP) is 3.32. The van der Waals surface area contributed by atoms with Gasteiger partial charge < -0.3 is 15.5 Å². The van der Waals surface area contributed by atoms with Crippen LogP contribution in [0.25, 0.3) is 11.0 Å². The molecule has 4 rings (SSSR count). The van der Waals surface area contributed by atoms with Gasteiger partial charge in [-0.15, -0.1) is 0 Å². The van der Waals surface area contributed by atoms with E-state index in [2.05, 4.69) is 27.6 Å². The number of anilines is 2. The number of benzene rings is 1. The highest BCUT2D eigenvalue weighted by molar-refractivity contribution is 7.99. The standard InChI is InChI=1S/C23H29N7O2S/c1-3-33-23-27-20(29-12-5-4-6-13-29)19-15-25-30(21(19)28-23)14-11-24-22(32)17-7-9-18(10-8-17)26-16(2)31/h7-10,15H,3-6,11-14H2,1-2H3,(H,24,32)(H,26,31). The summed E-state index contributed by atoms with van der Waals surface area (Å²) in [6.45, 7) is 6.47. The number of carbonyl (C=O) groups excluding carboxylic acids is 2. The molecule has 1 saturated heterocycles. The molecule has 3 heterocycles. The second-order valence-corrected chi connectivity index (χ2v) is 9.16. The van der Waals surface area contributed by atoms with Crippen molar-refractivity contribution in [1.82, 2.24) is 25.1 Å². The van der Waals surface area contributed by atoms with Crippen molar-refractivity contribution in [3.05, 3.63) is 36.0 Å². The van der Waals surface area contributed by atoms with E-state index in [0.29, 0.717) is 24.3 Å². The Morgan fingerprint density at radius 2 is 1.85 bits per heavy atom. The molecule has 3 aromatic rings. The second-order valence-electron chi connectivity index (χ2n) is 7.93. The minimum atomic E-state index is -0.174. The number of hydrogen-bond acceptors (Lipinski definition) is 7. The van der Waals surface area contributed by atoms with Gasteiger partial charge in [-0.1, -0.05) is 18.7 Å². The molecular weight excluding hydrogens is 438 g/mol. The Hall–Kier alpha value is -3.14. The number of fused-ring (bicyclic) bond motifs is 1. The van der Waals surface area contributed by atoms with Crippen LogP contribution < -0.4 is 15.5 Å². The molecule has 1 fully saturated rings. The molecular formula is C23H29N7O2S. The zero-order valence-electron chi connectivity index (χ0n) is 19.0. The molecule has 1 aliphatic rings. The van der Waals surface area contributed by atoms with Crippen molar-refractivity contribution >= 4 is 46.1 Å². The van der Waals surface area contributed by atoms with Crippen molar-refractivity contribution in [2.24, 2.45) is 0 Å². The van der Waals surface area contributed by atoms with Gasteiger partial charge >= 0.3 is 0 Å². The number of nitrogens with one attached hydrogen (secondary N) is 2. The lowest BCUT2D eigenvalue weighted by Crippen LogP contribution is -2.30. The highest BCUT2D eigenvalue weighted by Gasteiger charge is 2.20. The first-order chi connectivity index (χ1) is 16.0. The summed E-state index contributed by atoms with van der Waals surface area (Å²) in [5, 5.41) is 11.9. The zero-order chi connectivity index (χ0) is 23.2. The van der Waals surface area contributed by atoms with Crippen LogP contribution in [0.5, 0.6) is 0 Å². The number of piperidine rings is 1. The van der Waals surface area contributed by atoms with Gasteiger partial charge in [-0.3, -0.25) is 9.59 Å². The first kappa shape index (κ1) is 23.0. The largest absolute Gasteiger partial charge is 0.356 e. The summed E-state index contributed by atoms with van der Waals surface area (Å²) in [4.78, 5) is 35.6. The Balaban J connectivity index is 1.45. The van der Waals surface area contributed by atoms with Crippen LogP contribution in [0.1, 0.15) is 43.5 Å². The lowest BCUT2D eigenvalue weighted by molar-refractivity contribution is -0.114. The molecule has 174 valence electrons. The van der Waals surface area contributed by atoms with E-state index in [1.807, 2.05) is 10.9 Å². The molecule has 0 bridgehead atoms. The smallest absolute Gasteiger partial charge is 0.251 e. The maximum absolute atomic E-state index is 12.5. The summed E-state index contributed by atoms with van der Waals surface area (Å²) in [7, 11) is 0. The number of thioether (sulfide) groups is 1. The molecule has 0 unspecified atom stereocenters. The van der Waals surface area contributed by atoms with Crippen molar-refractivity contribution in [3.63, 3.8) is 0 Å². The average Bonchev–Trinajstić information content (AvgIpc) is 3.22. The minimum Gasteiger partial charge on any atom is -0.356 e. The number of carbonyl (C=O) groups is 2. The van der Waals surface area contributed by atoms with E-state index in [9.17, 15) is 9.59 Å². The van der Waals surface area contributed by atoms with E-state index in [1.54, 1.807) is 36.0 Å². The van der Waals surface area contributed by atoms with Crippen molar-refractivity contribution in [1.29, 1.82) is 0 Å². The van der Waals surface area contributed by atoms with Gasteiger partial charge in [-0.2, -0.15) is 5.10 Å². The number of rotatable bonds is 8. The normalized spacial score (nSPS) is 13.8. The zero-order valence-corrected chi connectivity index (χ0v) is 19.8. The Labute approximate surface area is 197 Å². The Morgan fingerprint density at radius 3 is 2.55 bits per heavy atom. The number of amides is 2. The Bertz CT molecular complexity index is 1120. The number of aromatic nitrogens is 4. The molecule has 2 amide bonds. The summed E-state index contributed by atoms with van der Waals surface area (Å²) in [6, 6.07) is 6.80. The molecule has 0 saturated carbocycles. The first-order valence-electron chi connectivity index (χ1n) is 11.3. The topological polar surface area (TPSA) is 105 Å². The van der Waals surface area contributed by atoms with E-state index >= 15 is 0 Å². The molecule has 0 radical (unpaired) electrons. The third-order valence-electron chi connectivity index (χ3n) is 5.46. The minimum absolute atomic E-state index is 0.147. The summed E-state index contributed by atoms with van der Waals surface area (Å²) >= 11 is 1.63. The third-order valence-corrected chi connectivity index (χ3v) is 6.19. The van der Waals surface area contributed by atoms with Crippen LogP contribution in [0.15, 0.2) is 35.6 Å². The van der Waals surface area contributed by atoms with Gasteiger partial charge in [0, 0.05) is 37.8 Å². The van der Waals surface area contributed by atoms with E-state index in [0.717, 1.165) is 40.9 Å². The third kappa shape index (κ3) is 5.62. The number of hydrogen-bond donors (Lipinski definition) is 2. The van der Waals surface area contributed by atoms with Crippen molar-refractivity contribution in [3.8, 4) is 0 Å². The van der Waals surface area contributed by atoms with E-state index < -0.39 is 0 Å². The van der Waals surface area contributed by atoms with Gasteiger partial charge in [0.2, 0.25) is 5.91 Å². The van der Waals surface area contributed by atoms with Crippen LogP contribution in [0.2, 0.25) is 0 Å². The average molecular weight is 468 g/mol. The highest BCUT2D eigenvalue weighted by atomic mass is 32.2. The van der Waals surface area contributed by atoms with Crippen LogP contribution >= 0.6 is 11.8 Å². The maximum atomic E-state index is 12.5. The van der Waals surface area contributed by atoms with Crippen molar-refractivity contribution in [2.75, 3.05) is 35.6 Å². The van der Waals surface area contributed by atoms with Crippen LogP contribution in [-0.4, -0.2) is 56.9 Å². The molecule has 10 heteroatoms. The summed E-state index contributed by atoms with van der Waals surface area (Å²) in [6.07, 6.45) is 5.44. The van der Waals surface area contributed by atoms with Crippen molar-refractivity contribution in [2.45, 2.75) is 44.8 Å². The quantitative estimate of drug-likeness (QED) is 0.387. The summed E-state index contributed by atoms with van der Waals surface area (Å²) < 4.78 is 1.84. The molecule has 0 aliphatic carbocycles. The summed E-state index contributed by atoms with van der Waals surface area (Å²) in [5.41, 5.74) is 1.99. The van der Waals surface area contributed by atoms with Crippen molar-refractivity contribution < 1.29 is 9.59 Å². The van der Waals surface area contributed by atoms with Gasteiger partial charge in [0.1, 0.15) is 5.82 Å². The molecule has 33 heavy (non-hydrogen) atoms. The molecule has 9 nitrogen and oxygen atoms in total. The molecule has 2 N–H and O–H groups in total. The van der Waals surface area contributed by atoms with Gasteiger partial charge in [0.05, 0.1) is 18.1 Å². The fourth-order valence-corrected chi connectivity index (χ4v) is 4.47. The fourth-order valence-electron chi connectivity index (χ4n) is 3.91. The Kier molecular flexibility index (Phi) is 7.43. The fraction of sp³-hybridized carbons (Fsp3) is 0.435. The predicted molar refractivity (Wildman–Crippen MR) is 131 cm³/mol. The van der Waals surface area contributed by atoms with E-state index in [4.69, 9.17) is 9.97 Å². The molecule has 2 aromatic heterocycles. The lowest BCUT2D eigenvalue weighted by atomic mass is 10.1. The van der Waals surface area contributed by atoms with Crippen LogP contribution in [-0.2, 0) is 11.3 Å². The molecule has 1 aromatic carbocycles. The maximum Gasteiger partial charge on any atom is 0.251 e. The summed E-state index contributed by atoms with van der Waals surface area (Å²) in [5.74, 6) is 1.54.